The molecule has 0 spiro atoms. The lowest BCUT2D eigenvalue weighted by Crippen LogP contribution is -2.48. The number of anilines is 1. The highest BCUT2D eigenvalue weighted by Gasteiger charge is 2.32. The van der Waals surface area contributed by atoms with Crippen LogP contribution in [0.2, 0.25) is 0 Å². The van der Waals surface area contributed by atoms with E-state index in [1.165, 1.54) is 23.2 Å². The summed E-state index contributed by atoms with van der Waals surface area (Å²) in [6, 6.07) is 6.92. The molecule has 3 heteroatoms. The summed E-state index contributed by atoms with van der Waals surface area (Å²) in [6.45, 7) is 6.09. The van der Waals surface area contributed by atoms with Crippen LogP contribution in [0.3, 0.4) is 0 Å². The number of aryl methyl sites for hydroxylation is 2. The van der Waals surface area contributed by atoms with Gasteiger partial charge in [0.2, 0.25) is 5.91 Å². The summed E-state index contributed by atoms with van der Waals surface area (Å²) in [4.78, 5) is 14.5. The van der Waals surface area contributed by atoms with Crippen LogP contribution in [0, 0.1) is 19.8 Å². The molecule has 1 unspecified atom stereocenters. The third kappa shape index (κ3) is 3.22. The Balaban J connectivity index is 1.60. The third-order valence-electron chi connectivity index (χ3n) is 5.07. The topological polar surface area (TPSA) is 32.3 Å². The van der Waals surface area contributed by atoms with Crippen molar-refractivity contribution < 1.29 is 4.79 Å². The fraction of sp³-hybridized carbons (Fsp3) is 0.611. The lowest BCUT2D eigenvalue weighted by atomic mass is 9.84. The van der Waals surface area contributed by atoms with Gasteiger partial charge < -0.3 is 10.2 Å². The molecule has 1 saturated heterocycles. The Labute approximate surface area is 127 Å². The molecule has 3 rings (SSSR count). The van der Waals surface area contributed by atoms with E-state index in [0.717, 1.165) is 38.8 Å². The van der Waals surface area contributed by atoms with Crippen LogP contribution in [0.1, 0.15) is 43.2 Å². The summed E-state index contributed by atoms with van der Waals surface area (Å²) in [7, 11) is 0. The van der Waals surface area contributed by atoms with E-state index in [2.05, 4.69) is 42.3 Å². The monoisotopic (exact) mass is 286 g/mol. The van der Waals surface area contributed by atoms with Gasteiger partial charge in [0.05, 0.1) is 0 Å². The van der Waals surface area contributed by atoms with E-state index in [1.54, 1.807) is 0 Å². The quantitative estimate of drug-likeness (QED) is 0.922. The van der Waals surface area contributed by atoms with Crippen LogP contribution in [-0.2, 0) is 4.79 Å². The Morgan fingerprint density at radius 1 is 1.14 bits per heavy atom. The Morgan fingerprint density at radius 3 is 2.62 bits per heavy atom. The summed E-state index contributed by atoms with van der Waals surface area (Å²) in [6.07, 6.45) is 5.70. The lowest BCUT2D eigenvalue weighted by Gasteiger charge is -2.37. The molecule has 1 aliphatic carbocycles. The van der Waals surface area contributed by atoms with Crippen LogP contribution >= 0.6 is 0 Å². The number of hydrogen-bond donors (Lipinski definition) is 1. The van der Waals surface area contributed by atoms with Crippen molar-refractivity contribution in [2.75, 3.05) is 18.4 Å². The van der Waals surface area contributed by atoms with Crippen molar-refractivity contribution in [1.29, 1.82) is 0 Å². The van der Waals surface area contributed by atoms with Gasteiger partial charge in [-0.3, -0.25) is 4.79 Å². The van der Waals surface area contributed by atoms with E-state index in [0.29, 0.717) is 17.9 Å². The predicted octanol–water partition coefficient (Wildman–Crippen LogP) is 3.51. The van der Waals surface area contributed by atoms with E-state index in [4.69, 9.17) is 0 Å². The SMILES string of the molecule is Cc1ccc(NC2CCCN(C(=O)C3CCC3)C2)cc1C. The van der Waals surface area contributed by atoms with Crippen molar-refractivity contribution in [3.8, 4) is 0 Å². The van der Waals surface area contributed by atoms with Gasteiger partial charge in [-0.15, -0.1) is 0 Å². The van der Waals surface area contributed by atoms with Crippen LogP contribution in [0.4, 0.5) is 5.69 Å². The second-order valence-electron chi connectivity index (χ2n) is 6.69. The Kier molecular flexibility index (Phi) is 4.18. The van der Waals surface area contributed by atoms with E-state index in [1.807, 2.05) is 0 Å². The molecule has 0 radical (unpaired) electrons. The number of benzene rings is 1. The molecule has 21 heavy (non-hydrogen) atoms. The number of rotatable bonds is 3. The average Bonchev–Trinajstić information content (AvgIpc) is 2.41. The largest absolute Gasteiger partial charge is 0.381 e. The number of amides is 1. The average molecular weight is 286 g/mol. The van der Waals surface area contributed by atoms with Gasteiger partial charge in [0.25, 0.3) is 0 Å². The minimum absolute atomic E-state index is 0.324. The lowest BCUT2D eigenvalue weighted by molar-refractivity contribution is -0.139. The second-order valence-corrected chi connectivity index (χ2v) is 6.69. The summed E-state index contributed by atoms with van der Waals surface area (Å²) >= 11 is 0. The van der Waals surface area contributed by atoms with E-state index in [-0.39, 0.29) is 0 Å². The molecule has 0 bridgehead atoms. The molecule has 0 aromatic heterocycles. The van der Waals surface area contributed by atoms with Gasteiger partial charge in [0.15, 0.2) is 0 Å². The zero-order chi connectivity index (χ0) is 14.8. The molecule has 1 aromatic rings. The first-order chi connectivity index (χ1) is 10.1. The Morgan fingerprint density at radius 2 is 1.95 bits per heavy atom. The number of carbonyl (C=O) groups is 1. The van der Waals surface area contributed by atoms with Crippen molar-refractivity contribution in [2.45, 2.75) is 52.0 Å². The number of likely N-dealkylation sites (tertiary alicyclic amines) is 1. The summed E-state index contributed by atoms with van der Waals surface area (Å²) < 4.78 is 0. The fourth-order valence-corrected chi connectivity index (χ4v) is 3.28. The first-order valence-corrected chi connectivity index (χ1v) is 8.26. The first-order valence-electron chi connectivity index (χ1n) is 8.26. The van der Waals surface area contributed by atoms with Crippen LogP contribution < -0.4 is 5.32 Å². The predicted molar refractivity (Wildman–Crippen MR) is 86.5 cm³/mol. The number of nitrogens with one attached hydrogen (secondary N) is 1. The van der Waals surface area contributed by atoms with Crippen molar-refractivity contribution in [3.63, 3.8) is 0 Å². The van der Waals surface area contributed by atoms with Gasteiger partial charge in [-0.1, -0.05) is 12.5 Å². The highest BCUT2D eigenvalue weighted by Crippen LogP contribution is 2.29. The van der Waals surface area contributed by atoms with Gasteiger partial charge in [0, 0.05) is 30.7 Å². The maximum atomic E-state index is 12.4. The molecule has 1 N–H and O–H groups in total. The van der Waals surface area contributed by atoms with Crippen LogP contribution in [0.5, 0.6) is 0 Å². The summed E-state index contributed by atoms with van der Waals surface area (Å²) in [5, 5.41) is 3.61. The van der Waals surface area contributed by atoms with Gasteiger partial charge in [-0.05, 0) is 62.8 Å². The number of piperidine rings is 1. The van der Waals surface area contributed by atoms with Crippen molar-refractivity contribution in [1.82, 2.24) is 4.90 Å². The van der Waals surface area contributed by atoms with Crippen molar-refractivity contribution >= 4 is 11.6 Å². The molecule has 1 aliphatic heterocycles. The standard InChI is InChI=1S/C18H26N2O/c1-13-8-9-16(11-14(13)2)19-17-7-4-10-20(12-17)18(21)15-5-3-6-15/h8-9,11,15,17,19H,3-7,10,12H2,1-2H3. The molecular weight excluding hydrogens is 260 g/mol. The second kappa shape index (κ2) is 6.08. The van der Waals surface area contributed by atoms with E-state index >= 15 is 0 Å². The van der Waals surface area contributed by atoms with E-state index < -0.39 is 0 Å². The minimum atomic E-state index is 0.324. The third-order valence-corrected chi connectivity index (χ3v) is 5.07. The van der Waals surface area contributed by atoms with Crippen molar-refractivity contribution in [3.05, 3.63) is 29.3 Å². The molecule has 1 atom stereocenters. The molecule has 1 heterocycles. The van der Waals surface area contributed by atoms with Gasteiger partial charge >= 0.3 is 0 Å². The van der Waals surface area contributed by atoms with Crippen LogP contribution in [0.25, 0.3) is 0 Å². The fourth-order valence-electron chi connectivity index (χ4n) is 3.28. The maximum absolute atomic E-state index is 12.4. The van der Waals surface area contributed by atoms with Crippen LogP contribution in [0.15, 0.2) is 18.2 Å². The number of carbonyl (C=O) groups excluding carboxylic acids is 1. The Hall–Kier alpha value is -1.51. The number of hydrogen-bond acceptors (Lipinski definition) is 2. The van der Waals surface area contributed by atoms with Gasteiger partial charge in [-0.2, -0.15) is 0 Å². The molecule has 2 fully saturated rings. The smallest absolute Gasteiger partial charge is 0.225 e. The summed E-state index contributed by atoms with van der Waals surface area (Å²) in [5.41, 5.74) is 3.82. The minimum Gasteiger partial charge on any atom is -0.381 e. The molecular formula is C18H26N2O. The van der Waals surface area contributed by atoms with Crippen molar-refractivity contribution in [2.24, 2.45) is 5.92 Å². The van der Waals surface area contributed by atoms with Gasteiger partial charge in [0.1, 0.15) is 0 Å². The zero-order valence-corrected chi connectivity index (χ0v) is 13.2. The first kappa shape index (κ1) is 14.4. The molecule has 1 amide bonds. The normalized spacial score (nSPS) is 22.8. The number of nitrogens with zero attached hydrogens (tertiary/aromatic N) is 1. The molecule has 3 nitrogen and oxygen atoms in total. The van der Waals surface area contributed by atoms with Crippen LogP contribution in [-0.4, -0.2) is 29.9 Å². The highest BCUT2D eigenvalue weighted by molar-refractivity contribution is 5.79. The molecule has 2 aliphatic rings. The maximum Gasteiger partial charge on any atom is 0.225 e. The Bertz CT molecular complexity index is 522. The molecule has 114 valence electrons. The van der Waals surface area contributed by atoms with E-state index in [9.17, 15) is 4.79 Å². The molecule has 1 aromatic carbocycles. The zero-order valence-electron chi connectivity index (χ0n) is 13.2. The highest BCUT2D eigenvalue weighted by atomic mass is 16.2. The molecule has 1 saturated carbocycles. The summed E-state index contributed by atoms with van der Waals surface area (Å²) in [5.74, 6) is 0.721. The van der Waals surface area contributed by atoms with Gasteiger partial charge in [-0.25, -0.2) is 0 Å².